The van der Waals surface area contributed by atoms with Crippen LogP contribution in [0.4, 0.5) is 0 Å². The van der Waals surface area contributed by atoms with Gasteiger partial charge in [-0.25, -0.2) is 4.84 Å². The number of hydrogen-bond acceptors (Lipinski definition) is 3. The van der Waals surface area contributed by atoms with Gasteiger partial charge in [0.2, 0.25) is 5.91 Å². The summed E-state index contributed by atoms with van der Waals surface area (Å²) < 4.78 is 0. The summed E-state index contributed by atoms with van der Waals surface area (Å²) in [6.07, 6.45) is 0.823. The van der Waals surface area contributed by atoms with Crippen LogP contribution in [0.15, 0.2) is 0 Å². The van der Waals surface area contributed by atoms with Crippen LogP contribution in [-0.4, -0.2) is 23.2 Å². The molecular weight excluding hydrogens is 168 g/mol. The van der Waals surface area contributed by atoms with Crippen LogP contribution in [0.3, 0.4) is 0 Å². The topological polar surface area (TPSA) is 75.4 Å². The van der Waals surface area contributed by atoms with Crippen molar-refractivity contribution in [2.24, 2.45) is 11.7 Å². The lowest BCUT2D eigenvalue weighted by Crippen LogP contribution is -2.45. The average molecular weight is 179 g/mol. The summed E-state index contributed by atoms with van der Waals surface area (Å²) >= 11 is 5.32. The summed E-state index contributed by atoms with van der Waals surface area (Å²) in [5.74, 6) is -0.426. The largest absolute Gasteiger partial charge is 0.382 e. The molecule has 0 spiro atoms. The Morgan fingerprint density at radius 2 is 2.27 bits per heavy atom. The first-order valence-corrected chi connectivity index (χ1v) is 3.88. The van der Waals surface area contributed by atoms with Gasteiger partial charge in [-0.05, 0) is 30.5 Å². The lowest BCUT2D eigenvalue weighted by atomic mass is 10.1. The van der Waals surface area contributed by atoms with Gasteiger partial charge in [-0.2, -0.15) is 0 Å². The molecule has 0 aliphatic heterocycles. The van der Waals surface area contributed by atoms with E-state index < -0.39 is 12.0 Å². The fraction of sp³-hybridized carbons (Fsp3) is 0.833. The van der Waals surface area contributed by atoms with E-state index in [-0.39, 0.29) is 6.04 Å². The zero-order valence-corrected chi connectivity index (χ0v) is 6.71. The van der Waals surface area contributed by atoms with E-state index in [1.54, 1.807) is 0 Å². The van der Waals surface area contributed by atoms with Gasteiger partial charge in [-0.15, -0.1) is 0 Å². The maximum Gasteiger partial charge on any atom is 0.247 e. The maximum absolute atomic E-state index is 10.5. The molecule has 1 aliphatic carbocycles. The molecule has 0 aromatic heterocycles. The normalized spacial score (nSPS) is 22.7. The van der Waals surface area contributed by atoms with Crippen LogP contribution in [0.2, 0.25) is 0 Å². The predicted molar refractivity (Wildman–Crippen MR) is 40.7 cm³/mol. The number of amides is 1. The molecule has 2 atom stereocenters. The predicted octanol–water partition coefficient (Wildman–Crippen LogP) is -0.645. The van der Waals surface area contributed by atoms with Crippen LogP contribution in [0, 0.1) is 5.92 Å². The number of carbonyl (C=O) groups excluding carboxylic acids is 1. The Morgan fingerprint density at radius 1 is 1.73 bits per heavy atom. The van der Waals surface area contributed by atoms with Gasteiger partial charge in [0.15, 0.2) is 0 Å². The molecule has 0 bridgehead atoms. The average Bonchev–Trinajstić information content (AvgIpc) is 2.72. The minimum absolute atomic E-state index is 0.301. The Labute approximate surface area is 69.8 Å². The van der Waals surface area contributed by atoms with Crippen molar-refractivity contribution in [1.29, 1.82) is 0 Å². The monoisotopic (exact) mass is 178 g/mol. The highest BCUT2D eigenvalue weighted by molar-refractivity contribution is 6.13. The van der Waals surface area contributed by atoms with Crippen molar-refractivity contribution in [3.05, 3.63) is 0 Å². The number of nitrogens with two attached hydrogens (primary N) is 1. The van der Waals surface area contributed by atoms with E-state index in [2.05, 4.69) is 4.84 Å². The Hall–Kier alpha value is -0.320. The lowest BCUT2D eigenvalue weighted by molar-refractivity contribution is -0.127. The molecule has 0 heterocycles. The first-order valence-electron chi connectivity index (χ1n) is 3.50. The summed E-state index contributed by atoms with van der Waals surface area (Å²) in [4.78, 5) is 12.9. The second kappa shape index (κ2) is 3.38. The second-order valence-corrected chi connectivity index (χ2v) is 3.04. The van der Waals surface area contributed by atoms with E-state index >= 15 is 0 Å². The number of aliphatic hydroxyl groups excluding tert-OH is 1. The quantitative estimate of drug-likeness (QED) is 0.501. The number of aliphatic hydroxyl groups is 1. The van der Waals surface area contributed by atoms with Crippen LogP contribution in [0.1, 0.15) is 12.8 Å². The van der Waals surface area contributed by atoms with Crippen LogP contribution in [-0.2, 0) is 4.79 Å². The van der Waals surface area contributed by atoms with Gasteiger partial charge < -0.3 is 10.8 Å². The molecule has 5 heteroatoms. The van der Waals surface area contributed by atoms with Crippen molar-refractivity contribution >= 4 is 17.7 Å². The molecule has 0 radical (unpaired) electrons. The zero-order chi connectivity index (χ0) is 8.43. The summed E-state index contributed by atoms with van der Waals surface area (Å²) in [7, 11) is 0. The third kappa shape index (κ3) is 2.05. The Bertz CT molecular complexity index is 161. The SMILES string of the molecule is NC(=O)C(O)C(NCl)C1CC1. The van der Waals surface area contributed by atoms with Crippen LogP contribution >= 0.6 is 11.8 Å². The van der Waals surface area contributed by atoms with E-state index in [0.717, 1.165) is 12.8 Å². The lowest BCUT2D eigenvalue weighted by Gasteiger charge is -2.17. The Kier molecular flexibility index (Phi) is 2.70. The van der Waals surface area contributed by atoms with E-state index in [4.69, 9.17) is 17.5 Å². The molecule has 1 amide bonds. The molecule has 4 N–H and O–H groups in total. The van der Waals surface area contributed by atoms with Crippen molar-refractivity contribution in [2.75, 3.05) is 0 Å². The van der Waals surface area contributed by atoms with Gasteiger partial charge in [0.1, 0.15) is 6.10 Å². The van der Waals surface area contributed by atoms with Crippen molar-refractivity contribution in [2.45, 2.75) is 25.0 Å². The third-order valence-electron chi connectivity index (χ3n) is 1.89. The van der Waals surface area contributed by atoms with Crippen LogP contribution in [0.25, 0.3) is 0 Å². The minimum atomic E-state index is -1.17. The molecular formula is C6H11ClN2O2. The molecule has 1 saturated carbocycles. The summed E-state index contributed by atoms with van der Waals surface area (Å²) in [5, 5.41) is 9.18. The van der Waals surface area contributed by atoms with Crippen LogP contribution < -0.4 is 10.6 Å². The fourth-order valence-corrected chi connectivity index (χ4v) is 1.34. The first-order chi connectivity index (χ1) is 5.16. The molecule has 1 rings (SSSR count). The van der Waals surface area contributed by atoms with Gasteiger partial charge in [0.25, 0.3) is 0 Å². The Balaban J connectivity index is 2.45. The van der Waals surface area contributed by atoms with E-state index in [1.807, 2.05) is 0 Å². The number of rotatable bonds is 4. The summed E-state index contributed by atoms with van der Waals surface area (Å²) in [5.41, 5.74) is 4.89. The van der Waals surface area contributed by atoms with Gasteiger partial charge >= 0.3 is 0 Å². The highest BCUT2D eigenvalue weighted by Gasteiger charge is 2.37. The van der Waals surface area contributed by atoms with Gasteiger partial charge in [0, 0.05) is 0 Å². The number of hydrogen-bond donors (Lipinski definition) is 3. The van der Waals surface area contributed by atoms with Crippen molar-refractivity contribution < 1.29 is 9.90 Å². The summed E-state index contributed by atoms with van der Waals surface area (Å²) in [6.45, 7) is 0. The fourth-order valence-electron chi connectivity index (χ4n) is 1.04. The van der Waals surface area contributed by atoms with Gasteiger partial charge in [-0.1, -0.05) is 0 Å². The molecule has 11 heavy (non-hydrogen) atoms. The second-order valence-electron chi connectivity index (χ2n) is 2.82. The zero-order valence-electron chi connectivity index (χ0n) is 5.96. The van der Waals surface area contributed by atoms with Gasteiger partial charge in [-0.3, -0.25) is 4.79 Å². The number of nitrogens with one attached hydrogen (secondary N) is 1. The Morgan fingerprint density at radius 3 is 2.55 bits per heavy atom. The number of primary amides is 1. The smallest absolute Gasteiger partial charge is 0.247 e. The first kappa shape index (κ1) is 8.77. The molecule has 1 aliphatic rings. The maximum atomic E-state index is 10.5. The van der Waals surface area contributed by atoms with Crippen molar-refractivity contribution in [1.82, 2.24) is 4.84 Å². The van der Waals surface area contributed by atoms with Crippen molar-refractivity contribution in [3.63, 3.8) is 0 Å². The minimum Gasteiger partial charge on any atom is -0.382 e. The highest BCUT2D eigenvalue weighted by Crippen LogP contribution is 2.34. The molecule has 2 unspecified atom stereocenters. The van der Waals surface area contributed by atoms with Gasteiger partial charge in [0.05, 0.1) is 6.04 Å². The van der Waals surface area contributed by atoms with E-state index in [0.29, 0.717) is 5.92 Å². The molecule has 0 aromatic rings. The molecule has 0 saturated heterocycles. The van der Waals surface area contributed by atoms with E-state index in [1.165, 1.54) is 0 Å². The standard InChI is InChI=1S/C6H11ClN2O2/c7-9-4(3-1-2-3)5(10)6(8)11/h3-5,9-10H,1-2H2,(H2,8,11). The van der Waals surface area contributed by atoms with E-state index in [9.17, 15) is 9.90 Å². The van der Waals surface area contributed by atoms with Crippen molar-refractivity contribution in [3.8, 4) is 0 Å². The highest BCUT2D eigenvalue weighted by atomic mass is 35.5. The number of carbonyl (C=O) groups is 1. The third-order valence-corrected chi connectivity index (χ3v) is 2.14. The summed E-state index contributed by atoms with van der Waals surface area (Å²) in [6, 6.07) is -0.380. The molecule has 64 valence electrons. The number of halogens is 1. The molecule has 4 nitrogen and oxygen atoms in total. The molecule has 0 aromatic carbocycles. The van der Waals surface area contributed by atoms with Crippen LogP contribution in [0.5, 0.6) is 0 Å². The molecule has 1 fully saturated rings.